The Kier molecular flexibility index (Phi) is 3.98. The van der Waals surface area contributed by atoms with E-state index in [4.69, 9.17) is 5.26 Å². The van der Waals surface area contributed by atoms with Gasteiger partial charge in [-0.3, -0.25) is 0 Å². The van der Waals surface area contributed by atoms with Gasteiger partial charge in [-0.2, -0.15) is 5.26 Å². The van der Waals surface area contributed by atoms with Gasteiger partial charge < -0.3 is 0 Å². The summed E-state index contributed by atoms with van der Waals surface area (Å²) in [5.41, 5.74) is 1.93. The number of sulfone groups is 1. The van der Waals surface area contributed by atoms with Gasteiger partial charge in [0.25, 0.3) is 0 Å². The van der Waals surface area contributed by atoms with Crippen molar-refractivity contribution in [2.45, 2.75) is 26.2 Å². The molecule has 1 aromatic rings. The van der Waals surface area contributed by atoms with Crippen LogP contribution in [0.1, 0.15) is 31.9 Å². The van der Waals surface area contributed by atoms with E-state index in [0.29, 0.717) is 5.56 Å². The molecule has 0 spiro atoms. The Bertz CT molecular complexity index is 597. The molecule has 1 rings (SSSR count). The third-order valence-corrected chi connectivity index (χ3v) is 3.59. The number of allylic oxidation sites excluding steroid dienone is 1. The monoisotopic (exact) mass is 263 g/mol. The van der Waals surface area contributed by atoms with E-state index >= 15 is 0 Å². The van der Waals surface area contributed by atoms with Crippen molar-refractivity contribution in [2.24, 2.45) is 0 Å². The van der Waals surface area contributed by atoms with Gasteiger partial charge in [0.1, 0.15) is 11.0 Å². The predicted molar refractivity (Wildman–Crippen MR) is 73.6 cm³/mol. The minimum absolute atomic E-state index is 0.0527. The number of nitrogens with zero attached hydrogens (tertiary/aromatic N) is 1. The van der Waals surface area contributed by atoms with Crippen LogP contribution in [0, 0.1) is 11.3 Å². The molecule has 0 heterocycles. The molecule has 0 aliphatic rings. The van der Waals surface area contributed by atoms with Gasteiger partial charge >= 0.3 is 0 Å². The number of nitriles is 1. The van der Waals surface area contributed by atoms with Crippen molar-refractivity contribution in [3.63, 3.8) is 0 Å². The van der Waals surface area contributed by atoms with Crippen molar-refractivity contribution >= 4 is 15.9 Å². The van der Waals surface area contributed by atoms with Crippen LogP contribution in [0.3, 0.4) is 0 Å². The first kappa shape index (κ1) is 14.5. The molecule has 18 heavy (non-hydrogen) atoms. The number of rotatable bonds is 2. The average molecular weight is 263 g/mol. The fraction of sp³-hybridized carbons (Fsp3) is 0.357. The fourth-order valence-corrected chi connectivity index (χ4v) is 1.97. The van der Waals surface area contributed by atoms with Crippen molar-refractivity contribution in [3.8, 4) is 6.07 Å². The van der Waals surface area contributed by atoms with E-state index in [1.54, 1.807) is 6.07 Å². The molecule has 0 aromatic heterocycles. The van der Waals surface area contributed by atoms with E-state index in [0.717, 1.165) is 11.8 Å². The Morgan fingerprint density at radius 2 is 1.72 bits per heavy atom. The molecule has 96 valence electrons. The zero-order valence-corrected chi connectivity index (χ0v) is 11.9. The molecule has 3 nitrogen and oxygen atoms in total. The van der Waals surface area contributed by atoms with Crippen LogP contribution in [0.25, 0.3) is 6.08 Å². The van der Waals surface area contributed by atoms with Crippen LogP contribution < -0.4 is 0 Å². The second-order valence-electron chi connectivity index (χ2n) is 5.26. The fourth-order valence-electron chi connectivity index (χ4n) is 1.45. The maximum atomic E-state index is 11.3. The summed E-state index contributed by atoms with van der Waals surface area (Å²) in [5.74, 6) is 0. The van der Waals surface area contributed by atoms with Crippen molar-refractivity contribution in [1.29, 1.82) is 5.26 Å². The summed E-state index contributed by atoms with van der Waals surface area (Å²) in [6.45, 7) is 6.32. The number of hydrogen-bond donors (Lipinski definition) is 0. The smallest absolute Gasteiger partial charge is 0.185 e. The second-order valence-corrected chi connectivity index (χ2v) is 7.25. The minimum Gasteiger partial charge on any atom is -0.223 e. The average Bonchev–Trinajstić information content (AvgIpc) is 2.23. The summed E-state index contributed by atoms with van der Waals surface area (Å²) in [5, 5.41) is 8.81. The summed E-state index contributed by atoms with van der Waals surface area (Å²) in [4.78, 5) is -0.217. The highest BCUT2D eigenvalue weighted by molar-refractivity contribution is 7.95. The molecule has 0 amide bonds. The van der Waals surface area contributed by atoms with Crippen LogP contribution in [-0.4, -0.2) is 14.7 Å². The van der Waals surface area contributed by atoms with Gasteiger partial charge in [0.2, 0.25) is 0 Å². The first-order chi connectivity index (χ1) is 8.14. The first-order valence-electron chi connectivity index (χ1n) is 5.57. The van der Waals surface area contributed by atoms with Crippen molar-refractivity contribution < 1.29 is 8.42 Å². The lowest BCUT2D eigenvalue weighted by Gasteiger charge is -2.18. The molecule has 0 saturated carbocycles. The Labute approximate surface area is 109 Å². The zero-order valence-electron chi connectivity index (χ0n) is 11.1. The van der Waals surface area contributed by atoms with Gasteiger partial charge in [-0.25, -0.2) is 8.42 Å². The van der Waals surface area contributed by atoms with Crippen LogP contribution in [0.4, 0.5) is 0 Å². The standard InChI is InChI=1S/C14H17NO2S/c1-14(2,3)12-7-5-11(6-8-12)9-13(10-15)18(4,16)17/h5-9H,1-4H3/b13-9+. The lowest BCUT2D eigenvalue weighted by Crippen LogP contribution is -2.10. The molecule has 0 aliphatic carbocycles. The van der Waals surface area contributed by atoms with Gasteiger partial charge in [-0.15, -0.1) is 0 Å². The third-order valence-electron chi connectivity index (χ3n) is 2.58. The maximum Gasteiger partial charge on any atom is 0.185 e. The van der Waals surface area contributed by atoms with Gasteiger partial charge in [0.05, 0.1) is 0 Å². The van der Waals surface area contributed by atoms with Crippen LogP contribution in [0.15, 0.2) is 29.2 Å². The molecule has 0 saturated heterocycles. The summed E-state index contributed by atoms with van der Waals surface area (Å²) in [6, 6.07) is 9.25. The highest BCUT2D eigenvalue weighted by Crippen LogP contribution is 2.23. The van der Waals surface area contributed by atoms with E-state index in [1.165, 1.54) is 6.08 Å². The molecule has 0 unspecified atom stereocenters. The summed E-state index contributed by atoms with van der Waals surface area (Å²) in [6.07, 6.45) is 2.42. The van der Waals surface area contributed by atoms with Gasteiger partial charge in [0, 0.05) is 6.26 Å². The van der Waals surface area contributed by atoms with Crippen LogP contribution in [-0.2, 0) is 15.3 Å². The first-order valence-corrected chi connectivity index (χ1v) is 7.46. The van der Waals surface area contributed by atoms with Crippen molar-refractivity contribution in [1.82, 2.24) is 0 Å². The second kappa shape index (κ2) is 4.95. The molecule has 4 heteroatoms. The summed E-state index contributed by atoms with van der Waals surface area (Å²) < 4.78 is 22.6. The van der Waals surface area contributed by atoms with Crippen LogP contribution in [0.2, 0.25) is 0 Å². The van der Waals surface area contributed by atoms with E-state index in [-0.39, 0.29) is 10.3 Å². The molecular weight excluding hydrogens is 246 g/mol. The zero-order chi connectivity index (χ0) is 14.0. The van der Waals surface area contributed by atoms with Crippen LogP contribution >= 0.6 is 0 Å². The molecular formula is C14H17NO2S. The predicted octanol–water partition coefficient (Wildman–Crippen LogP) is 2.89. The van der Waals surface area contributed by atoms with E-state index in [1.807, 2.05) is 24.3 Å². The largest absolute Gasteiger partial charge is 0.223 e. The Morgan fingerprint density at radius 1 is 1.22 bits per heavy atom. The summed E-state index contributed by atoms with van der Waals surface area (Å²) >= 11 is 0. The third kappa shape index (κ3) is 3.71. The highest BCUT2D eigenvalue weighted by Gasteiger charge is 2.13. The van der Waals surface area contributed by atoms with Gasteiger partial charge in [-0.1, -0.05) is 45.0 Å². The quantitative estimate of drug-likeness (QED) is 0.771. The normalized spacial score (nSPS) is 13.2. The SMILES string of the molecule is CC(C)(C)c1ccc(/C=C(\C#N)S(C)(=O)=O)cc1. The molecule has 0 radical (unpaired) electrons. The maximum absolute atomic E-state index is 11.3. The van der Waals surface area contributed by atoms with E-state index in [2.05, 4.69) is 20.8 Å². The van der Waals surface area contributed by atoms with E-state index in [9.17, 15) is 8.42 Å². The molecule has 0 N–H and O–H groups in total. The Balaban J connectivity index is 3.16. The molecule has 0 fully saturated rings. The molecule has 0 bridgehead atoms. The topological polar surface area (TPSA) is 57.9 Å². The van der Waals surface area contributed by atoms with Gasteiger partial charge in [-0.05, 0) is 22.6 Å². The number of benzene rings is 1. The minimum atomic E-state index is -3.45. The lowest BCUT2D eigenvalue weighted by molar-refractivity contribution is 0.590. The van der Waals surface area contributed by atoms with Crippen molar-refractivity contribution in [2.75, 3.05) is 6.26 Å². The molecule has 0 aliphatic heterocycles. The lowest BCUT2D eigenvalue weighted by atomic mass is 9.87. The molecule has 1 aromatic carbocycles. The summed E-state index contributed by atoms with van der Waals surface area (Å²) in [7, 11) is -3.45. The number of hydrogen-bond acceptors (Lipinski definition) is 3. The highest BCUT2D eigenvalue weighted by atomic mass is 32.2. The van der Waals surface area contributed by atoms with E-state index < -0.39 is 9.84 Å². The van der Waals surface area contributed by atoms with Crippen LogP contribution in [0.5, 0.6) is 0 Å². The van der Waals surface area contributed by atoms with Gasteiger partial charge in [0.15, 0.2) is 9.84 Å². The van der Waals surface area contributed by atoms with Crippen molar-refractivity contribution in [3.05, 3.63) is 40.3 Å². The molecule has 0 atom stereocenters. The Hall–Kier alpha value is -1.60. The Morgan fingerprint density at radius 3 is 2.06 bits per heavy atom.